The number of hydrogen-bond donors (Lipinski definition) is 2. The van der Waals surface area contributed by atoms with Gasteiger partial charge in [0, 0.05) is 53.9 Å². The van der Waals surface area contributed by atoms with E-state index in [2.05, 4.69) is 25.0 Å². The molecule has 8 nitrogen and oxygen atoms in total. The van der Waals surface area contributed by atoms with Crippen LogP contribution in [0.5, 0.6) is 5.88 Å². The summed E-state index contributed by atoms with van der Waals surface area (Å²) in [6, 6.07) is 10.6. The number of azo groups is 1. The molecule has 192 valence electrons. The first-order valence-electron chi connectivity index (χ1n) is 11.3. The number of benzene rings is 2. The second kappa shape index (κ2) is 9.77. The van der Waals surface area contributed by atoms with Gasteiger partial charge in [-0.1, -0.05) is 17.7 Å². The van der Waals surface area contributed by atoms with Gasteiger partial charge in [0.15, 0.2) is 5.69 Å². The summed E-state index contributed by atoms with van der Waals surface area (Å²) in [4.78, 5) is 8.42. The van der Waals surface area contributed by atoms with Crippen molar-refractivity contribution >= 4 is 62.1 Å². The summed E-state index contributed by atoms with van der Waals surface area (Å²) >= 11 is 11.0. The third kappa shape index (κ3) is 5.04. The third-order valence-electron chi connectivity index (χ3n) is 6.32. The summed E-state index contributed by atoms with van der Waals surface area (Å²) in [5.41, 5.74) is 6.78. The van der Waals surface area contributed by atoms with Crippen LogP contribution in [0, 0.1) is 0 Å². The van der Waals surface area contributed by atoms with Crippen molar-refractivity contribution in [3.8, 4) is 5.88 Å². The number of aromatic nitrogens is 2. The van der Waals surface area contributed by atoms with E-state index in [0.29, 0.717) is 59.7 Å². The predicted molar refractivity (Wildman–Crippen MR) is 140 cm³/mol. The fourth-order valence-electron chi connectivity index (χ4n) is 4.55. The Morgan fingerprint density at radius 2 is 1.81 bits per heavy atom. The molecule has 0 aliphatic carbocycles. The molecule has 13 heteroatoms. The molecule has 0 saturated carbocycles. The summed E-state index contributed by atoms with van der Waals surface area (Å²) in [5, 5.41) is 20.3. The molecular formula is C24H21ClF3N7OS. The number of piperazine rings is 1. The Morgan fingerprint density at radius 1 is 1.08 bits per heavy atom. The minimum absolute atomic E-state index is 0.0831. The van der Waals surface area contributed by atoms with Crippen molar-refractivity contribution in [3.05, 3.63) is 59.2 Å². The summed E-state index contributed by atoms with van der Waals surface area (Å²) in [6.45, 7) is 2.93. The Labute approximate surface area is 219 Å². The number of thiocarbonyl (C=S) groups is 1. The predicted octanol–water partition coefficient (Wildman–Crippen LogP) is 5.67. The number of alkyl halides is 3. The van der Waals surface area contributed by atoms with Gasteiger partial charge in [0.05, 0.1) is 23.3 Å². The molecule has 0 amide bonds. The largest absolute Gasteiger partial charge is 0.493 e. The first-order valence-corrected chi connectivity index (χ1v) is 12.1. The molecule has 2 aromatic carbocycles. The molecule has 3 heterocycles. The maximum Gasteiger partial charge on any atom is 0.416 e. The Bertz CT molecular complexity index is 1530. The van der Waals surface area contributed by atoms with Crippen LogP contribution in [-0.2, 0) is 12.8 Å². The van der Waals surface area contributed by atoms with Crippen molar-refractivity contribution < 1.29 is 18.3 Å². The monoisotopic (exact) mass is 547 g/mol. The number of hydrogen-bond acceptors (Lipinski definition) is 6. The normalized spacial score (nSPS) is 15.3. The van der Waals surface area contributed by atoms with Crippen LogP contribution in [0.2, 0.25) is 5.02 Å². The van der Waals surface area contributed by atoms with Crippen LogP contribution in [0.4, 0.5) is 24.5 Å². The minimum Gasteiger partial charge on any atom is -0.493 e. The number of anilines is 1. The van der Waals surface area contributed by atoms with Crippen molar-refractivity contribution in [2.75, 3.05) is 31.1 Å². The van der Waals surface area contributed by atoms with E-state index in [-0.39, 0.29) is 16.7 Å². The summed E-state index contributed by atoms with van der Waals surface area (Å²) in [6.07, 6.45) is -2.89. The van der Waals surface area contributed by atoms with E-state index in [0.717, 1.165) is 17.8 Å². The van der Waals surface area contributed by atoms with Gasteiger partial charge in [-0.25, -0.2) is 0 Å². The van der Waals surface area contributed by atoms with E-state index in [1.807, 2.05) is 6.07 Å². The van der Waals surface area contributed by atoms with E-state index in [1.54, 1.807) is 22.8 Å². The van der Waals surface area contributed by atoms with Crippen molar-refractivity contribution in [2.45, 2.75) is 12.8 Å². The molecule has 0 spiro atoms. The van der Waals surface area contributed by atoms with Gasteiger partial charge in [0.1, 0.15) is 0 Å². The molecule has 5 rings (SSSR count). The topological polar surface area (TPSA) is 95.3 Å². The minimum atomic E-state index is -4.42. The van der Waals surface area contributed by atoms with Gasteiger partial charge in [0.2, 0.25) is 11.0 Å². The first kappa shape index (κ1) is 25.2. The molecule has 1 aliphatic heterocycles. The van der Waals surface area contributed by atoms with E-state index < -0.39 is 11.7 Å². The highest BCUT2D eigenvalue weighted by Gasteiger charge is 2.31. The number of aromatic hydroxyl groups is 1. The van der Waals surface area contributed by atoms with E-state index in [9.17, 15) is 18.3 Å². The zero-order valence-electron chi connectivity index (χ0n) is 19.3. The fourth-order valence-corrected chi connectivity index (χ4v) is 4.75. The summed E-state index contributed by atoms with van der Waals surface area (Å²) in [7, 11) is 0. The highest BCUT2D eigenvalue weighted by molar-refractivity contribution is 7.80. The fraction of sp³-hybridized carbons (Fsp3) is 0.250. The van der Waals surface area contributed by atoms with Crippen LogP contribution in [0.1, 0.15) is 5.56 Å². The average Bonchev–Trinajstić information content (AvgIpc) is 3.11. The molecule has 1 aliphatic rings. The number of rotatable bonds is 4. The lowest BCUT2D eigenvalue weighted by Crippen LogP contribution is -2.46. The number of fused-ring (bicyclic) bond motifs is 2. The first-order chi connectivity index (χ1) is 17.6. The van der Waals surface area contributed by atoms with Crippen LogP contribution in [0.25, 0.3) is 21.8 Å². The standard InChI is InChI=1S/C24H21ClF3N7OS/c25-15-2-4-17-20(12-15)35(22(36)21(17)31-32-23(29)37)13-33-7-9-34(10-8-33)19-5-6-30-18-11-14(24(26,27)28)1-3-16(18)19/h1-6,11-12,36H,7-10,13H2,(H2,29,37). The molecule has 3 N–H and O–H groups in total. The molecular weight excluding hydrogens is 527 g/mol. The van der Waals surface area contributed by atoms with Crippen LogP contribution < -0.4 is 10.6 Å². The molecule has 1 saturated heterocycles. The van der Waals surface area contributed by atoms with Gasteiger partial charge in [-0.2, -0.15) is 13.2 Å². The molecule has 4 aromatic rings. The molecule has 2 aromatic heterocycles. The van der Waals surface area contributed by atoms with E-state index >= 15 is 0 Å². The zero-order chi connectivity index (χ0) is 26.3. The number of nitrogens with two attached hydrogens (primary N) is 1. The van der Waals surface area contributed by atoms with Crippen molar-refractivity contribution in [2.24, 2.45) is 16.0 Å². The number of halogens is 4. The van der Waals surface area contributed by atoms with Gasteiger partial charge in [-0.15, -0.1) is 10.2 Å². The van der Waals surface area contributed by atoms with Crippen molar-refractivity contribution in [1.82, 2.24) is 14.5 Å². The Balaban J connectivity index is 1.37. The van der Waals surface area contributed by atoms with Crippen molar-refractivity contribution in [3.63, 3.8) is 0 Å². The van der Waals surface area contributed by atoms with Gasteiger partial charge < -0.3 is 15.7 Å². The van der Waals surface area contributed by atoms with E-state index in [4.69, 9.17) is 29.6 Å². The highest BCUT2D eigenvalue weighted by atomic mass is 35.5. The maximum absolute atomic E-state index is 13.1. The highest BCUT2D eigenvalue weighted by Crippen LogP contribution is 2.40. The third-order valence-corrected chi connectivity index (χ3v) is 6.64. The quantitative estimate of drug-likeness (QED) is 0.252. The summed E-state index contributed by atoms with van der Waals surface area (Å²) < 4.78 is 41.1. The average molecular weight is 548 g/mol. The maximum atomic E-state index is 13.1. The van der Waals surface area contributed by atoms with Crippen molar-refractivity contribution in [1.29, 1.82) is 0 Å². The van der Waals surface area contributed by atoms with Crippen LogP contribution in [-0.4, -0.2) is 50.8 Å². The zero-order valence-corrected chi connectivity index (χ0v) is 20.9. The molecule has 1 fully saturated rings. The lowest BCUT2D eigenvalue weighted by atomic mass is 10.1. The van der Waals surface area contributed by atoms with Gasteiger partial charge >= 0.3 is 6.18 Å². The molecule has 0 bridgehead atoms. The Hall–Kier alpha value is -3.48. The SMILES string of the molecule is NC(=S)N=Nc1c(O)n(CN2CCN(c3ccnc4cc(C(F)(F)F)ccc34)CC2)c2cc(Cl)ccc12. The van der Waals surface area contributed by atoms with Gasteiger partial charge in [-0.3, -0.25) is 14.5 Å². The van der Waals surface area contributed by atoms with Gasteiger partial charge in [-0.05, 0) is 48.6 Å². The second-order valence-corrected chi connectivity index (χ2v) is 9.46. The molecule has 0 atom stereocenters. The lowest BCUT2D eigenvalue weighted by molar-refractivity contribution is -0.137. The lowest BCUT2D eigenvalue weighted by Gasteiger charge is -2.36. The van der Waals surface area contributed by atoms with Crippen LogP contribution >= 0.6 is 23.8 Å². The number of nitrogens with zero attached hydrogens (tertiary/aromatic N) is 6. The summed E-state index contributed by atoms with van der Waals surface area (Å²) in [5.74, 6) is -0.0831. The van der Waals surface area contributed by atoms with Crippen LogP contribution in [0.3, 0.4) is 0 Å². The Kier molecular flexibility index (Phi) is 6.65. The molecule has 0 unspecified atom stereocenters. The van der Waals surface area contributed by atoms with Crippen LogP contribution in [0.15, 0.2) is 58.9 Å². The van der Waals surface area contributed by atoms with Gasteiger partial charge in [0.25, 0.3) is 0 Å². The Morgan fingerprint density at radius 3 is 2.51 bits per heavy atom. The number of pyridine rings is 1. The van der Waals surface area contributed by atoms with E-state index in [1.165, 1.54) is 12.3 Å². The second-order valence-electron chi connectivity index (χ2n) is 8.61. The molecule has 37 heavy (non-hydrogen) atoms. The smallest absolute Gasteiger partial charge is 0.416 e. The molecule has 0 radical (unpaired) electrons.